The first-order chi connectivity index (χ1) is 13.4. The zero-order chi connectivity index (χ0) is 17.8. The summed E-state index contributed by atoms with van der Waals surface area (Å²) in [5, 5.41) is 7.35. The lowest BCUT2D eigenvalue weighted by Gasteiger charge is -2.11. The molecule has 0 radical (unpaired) electrons. The summed E-state index contributed by atoms with van der Waals surface area (Å²) in [5.41, 5.74) is 4.38. The van der Waals surface area contributed by atoms with Crippen molar-refractivity contribution in [2.24, 2.45) is 0 Å². The first-order valence-corrected chi connectivity index (χ1v) is 9.21. The highest BCUT2D eigenvalue weighted by Crippen LogP contribution is 2.39. The van der Waals surface area contributed by atoms with E-state index in [0.29, 0.717) is 0 Å². The quantitative estimate of drug-likeness (QED) is 0.280. The summed E-state index contributed by atoms with van der Waals surface area (Å²) in [4.78, 5) is 0. The van der Waals surface area contributed by atoms with Crippen LogP contribution in [-0.4, -0.2) is 0 Å². The van der Waals surface area contributed by atoms with Gasteiger partial charge in [-0.2, -0.15) is 0 Å². The Morgan fingerprint density at radius 2 is 1.19 bits per heavy atom. The smallest absolute Gasteiger partial charge is 0.136 e. The number of fused-ring (bicyclic) bond motifs is 6. The van der Waals surface area contributed by atoms with Crippen molar-refractivity contribution in [2.45, 2.75) is 0 Å². The maximum absolute atomic E-state index is 6.16. The number of furan rings is 1. The lowest BCUT2D eigenvalue weighted by atomic mass is 9.92. The highest BCUT2D eigenvalue weighted by Gasteiger charge is 2.13. The second-order valence-electron chi connectivity index (χ2n) is 7.00. The minimum absolute atomic E-state index is 0.938. The normalized spacial score (nSPS) is 11.7. The molecule has 1 nitrogen and oxygen atoms in total. The highest BCUT2D eigenvalue weighted by atomic mass is 16.3. The molecule has 0 aliphatic carbocycles. The van der Waals surface area contributed by atoms with Gasteiger partial charge in [-0.3, -0.25) is 0 Å². The molecule has 0 unspecified atom stereocenters. The van der Waals surface area contributed by atoms with E-state index in [0.717, 1.165) is 11.2 Å². The Bertz CT molecular complexity index is 1460. The van der Waals surface area contributed by atoms with Gasteiger partial charge in [-0.1, -0.05) is 72.8 Å². The molecular weight excluding hydrogens is 328 g/mol. The van der Waals surface area contributed by atoms with Gasteiger partial charge < -0.3 is 4.42 Å². The van der Waals surface area contributed by atoms with Gasteiger partial charge in [0.05, 0.1) is 0 Å². The second-order valence-corrected chi connectivity index (χ2v) is 7.00. The van der Waals surface area contributed by atoms with Crippen LogP contribution < -0.4 is 0 Å². The summed E-state index contributed by atoms with van der Waals surface area (Å²) in [6.45, 7) is 0. The minimum Gasteiger partial charge on any atom is -0.456 e. The van der Waals surface area contributed by atoms with E-state index in [4.69, 9.17) is 4.42 Å². The van der Waals surface area contributed by atoms with Crippen molar-refractivity contribution in [3.8, 4) is 11.1 Å². The molecule has 1 heterocycles. The van der Waals surface area contributed by atoms with Gasteiger partial charge in [-0.05, 0) is 56.9 Å². The fraction of sp³-hybridized carbons (Fsp3) is 0. The summed E-state index contributed by atoms with van der Waals surface area (Å²) in [6, 6.07) is 34.3. The molecule has 5 aromatic carbocycles. The second kappa shape index (κ2) is 5.46. The van der Waals surface area contributed by atoms with Crippen molar-refractivity contribution in [1.29, 1.82) is 0 Å². The predicted octanol–water partition coefficient (Wildman–Crippen LogP) is 7.56. The van der Waals surface area contributed by atoms with Crippen molar-refractivity contribution in [1.82, 2.24) is 0 Å². The predicted molar refractivity (Wildman–Crippen MR) is 114 cm³/mol. The van der Waals surface area contributed by atoms with Gasteiger partial charge in [-0.25, -0.2) is 0 Å². The Morgan fingerprint density at radius 1 is 0.444 bits per heavy atom. The molecule has 0 saturated heterocycles. The van der Waals surface area contributed by atoms with Gasteiger partial charge in [0, 0.05) is 10.8 Å². The van der Waals surface area contributed by atoms with Crippen molar-refractivity contribution < 1.29 is 4.42 Å². The summed E-state index contributed by atoms with van der Waals surface area (Å²) in [6.07, 6.45) is 0. The summed E-state index contributed by atoms with van der Waals surface area (Å²) >= 11 is 0. The van der Waals surface area contributed by atoms with E-state index in [1.807, 2.05) is 12.1 Å². The van der Waals surface area contributed by atoms with E-state index < -0.39 is 0 Å². The van der Waals surface area contributed by atoms with Crippen LogP contribution in [0.5, 0.6) is 0 Å². The summed E-state index contributed by atoms with van der Waals surface area (Å²) < 4.78 is 6.16. The number of hydrogen-bond acceptors (Lipinski definition) is 1. The van der Waals surface area contributed by atoms with Gasteiger partial charge in [-0.15, -0.1) is 0 Å². The Hall–Kier alpha value is -3.58. The molecule has 1 aromatic heterocycles. The number of para-hydroxylation sites is 1. The first-order valence-electron chi connectivity index (χ1n) is 9.21. The monoisotopic (exact) mass is 344 g/mol. The lowest BCUT2D eigenvalue weighted by Crippen LogP contribution is -1.85. The molecule has 0 aliphatic rings. The number of benzene rings is 5. The molecule has 126 valence electrons. The summed E-state index contributed by atoms with van der Waals surface area (Å²) in [5.74, 6) is 0. The standard InChI is InChI=1S/C26H16O/c1-2-8-17(9-3-1)21-14-18-10-4-5-11-19(18)23-16-26-24(15-22(21)23)20-12-6-7-13-25(20)27-26/h1-16H. The third-order valence-electron chi connectivity index (χ3n) is 5.44. The minimum atomic E-state index is 0.938. The average molecular weight is 344 g/mol. The van der Waals surface area contributed by atoms with Gasteiger partial charge in [0.25, 0.3) is 0 Å². The Kier molecular flexibility index (Phi) is 2.95. The van der Waals surface area contributed by atoms with E-state index in [2.05, 4.69) is 84.9 Å². The fourth-order valence-electron chi connectivity index (χ4n) is 4.17. The molecule has 0 saturated carbocycles. The largest absolute Gasteiger partial charge is 0.456 e. The number of hydrogen-bond donors (Lipinski definition) is 0. The topological polar surface area (TPSA) is 13.1 Å². The number of rotatable bonds is 1. The fourth-order valence-corrected chi connectivity index (χ4v) is 4.17. The molecule has 0 atom stereocenters. The van der Waals surface area contributed by atoms with Crippen LogP contribution in [0.4, 0.5) is 0 Å². The maximum Gasteiger partial charge on any atom is 0.136 e. The highest BCUT2D eigenvalue weighted by molar-refractivity contribution is 6.20. The summed E-state index contributed by atoms with van der Waals surface area (Å²) in [7, 11) is 0. The van der Waals surface area contributed by atoms with Crippen molar-refractivity contribution in [3.05, 3.63) is 97.1 Å². The van der Waals surface area contributed by atoms with E-state index in [1.54, 1.807) is 0 Å². The van der Waals surface area contributed by atoms with E-state index in [1.165, 1.54) is 43.4 Å². The van der Waals surface area contributed by atoms with Crippen LogP contribution in [-0.2, 0) is 0 Å². The molecule has 0 bridgehead atoms. The molecule has 0 fully saturated rings. The molecule has 0 amide bonds. The van der Waals surface area contributed by atoms with Crippen LogP contribution >= 0.6 is 0 Å². The van der Waals surface area contributed by atoms with Crippen molar-refractivity contribution in [2.75, 3.05) is 0 Å². The SMILES string of the molecule is c1ccc(-c2cc3ccccc3c3cc4oc5ccccc5c4cc23)cc1. The Morgan fingerprint density at radius 3 is 2.07 bits per heavy atom. The Labute approximate surface area is 156 Å². The maximum atomic E-state index is 6.16. The zero-order valence-electron chi connectivity index (χ0n) is 14.6. The zero-order valence-corrected chi connectivity index (χ0v) is 14.6. The molecule has 6 rings (SSSR count). The van der Waals surface area contributed by atoms with E-state index in [-0.39, 0.29) is 0 Å². The lowest BCUT2D eigenvalue weighted by molar-refractivity contribution is 0.669. The van der Waals surface area contributed by atoms with E-state index in [9.17, 15) is 0 Å². The van der Waals surface area contributed by atoms with Crippen LogP contribution in [0.1, 0.15) is 0 Å². The first kappa shape index (κ1) is 14.6. The van der Waals surface area contributed by atoms with Crippen LogP contribution in [0.2, 0.25) is 0 Å². The molecular formula is C26H16O. The molecule has 0 aliphatic heterocycles. The van der Waals surface area contributed by atoms with Crippen LogP contribution in [0, 0.1) is 0 Å². The van der Waals surface area contributed by atoms with Crippen molar-refractivity contribution in [3.63, 3.8) is 0 Å². The molecule has 6 aromatic rings. The van der Waals surface area contributed by atoms with Gasteiger partial charge in [0.2, 0.25) is 0 Å². The Balaban J connectivity index is 1.85. The molecule has 0 N–H and O–H groups in total. The third kappa shape index (κ3) is 2.12. The average Bonchev–Trinajstić information content (AvgIpc) is 3.10. The van der Waals surface area contributed by atoms with Crippen LogP contribution in [0.15, 0.2) is 101 Å². The van der Waals surface area contributed by atoms with Crippen LogP contribution in [0.3, 0.4) is 0 Å². The molecule has 27 heavy (non-hydrogen) atoms. The van der Waals surface area contributed by atoms with Gasteiger partial charge in [0.15, 0.2) is 0 Å². The van der Waals surface area contributed by atoms with Crippen LogP contribution in [0.25, 0.3) is 54.6 Å². The molecule has 0 spiro atoms. The van der Waals surface area contributed by atoms with Crippen molar-refractivity contribution >= 4 is 43.5 Å². The van der Waals surface area contributed by atoms with Gasteiger partial charge >= 0.3 is 0 Å². The third-order valence-corrected chi connectivity index (χ3v) is 5.44. The van der Waals surface area contributed by atoms with Gasteiger partial charge in [0.1, 0.15) is 11.2 Å². The van der Waals surface area contributed by atoms with E-state index >= 15 is 0 Å². The molecule has 1 heteroatoms.